The second-order valence-corrected chi connectivity index (χ2v) is 4.26. The third-order valence-corrected chi connectivity index (χ3v) is 2.98. The van der Waals surface area contributed by atoms with Crippen molar-refractivity contribution >= 4 is 11.3 Å². The second kappa shape index (κ2) is 5.51. The number of hydrogen-bond acceptors (Lipinski definition) is 2. The summed E-state index contributed by atoms with van der Waals surface area (Å²) in [4.78, 5) is 0. The number of nitrogens with one attached hydrogen (secondary N) is 1. The summed E-state index contributed by atoms with van der Waals surface area (Å²) < 4.78 is 36.0. The molecule has 1 rings (SSSR count). The van der Waals surface area contributed by atoms with Crippen LogP contribution in [0.5, 0.6) is 0 Å². The Kier molecular flexibility index (Phi) is 4.60. The molecule has 1 N–H and O–H groups in total. The lowest BCUT2D eigenvalue weighted by atomic mass is 10.0. The van der Waals surface area contributed by atoms with Crippen LogP contribution in [-0.4, -0.2) is 19.3 Å². The first-order valence-electron chi connectivity index (χ1n) is 4.76. The monoisotopic (exact) mass is 237 g/mol. The summed E-state index contributed by atoms with van der Waals surface area (Å²) in [6.07, 6.45) is -3.97. The van der Waals surface area contributed by atoms with E-state index in [-0.39, 0.29) is 12.5 Å². The minimum atomic E-state index is -4.05. The molecule has 0 aliphatic rings. The number of alkyl halides is 3. The molecule has 1 aromatic rings. The molecule has 15 heavy (non-hydrogen) atoms. The van der Waals surface area contributed by atoms with Gasteiger partial charge in [0.15, 0.2) is 0 Å². The van der Waals surface area contributed by atoms with Crippen molar-refractivity contribution in [2.45, 2.75) is 31.5 Å². The molecule has 0 spiro atoms. The summed E-state index contributed by atoms with van der Waals surface area (Å²) >= 11 is 1.57. The maximum absolute atomic E-state index is 12.0. The fourth-order valence-corrected chi connectivity index (χ4v) is 2.06. The van der Waals surface area contributed by atoms with Gasteiger partial charge in [-0.2, -0.15) is 24.5 Å². The molecule has 1 nitrogen and oxygen atoms in total. The molecule has 0 saturated carbocycles. The molecule has 0 bridgehead atoms. The first kappa shape index (κ1) is 12.5. The van der Waals surface area contributed by atoms with Crippen LogP contribution in [0.4, 0.5) is 13.2 Å². The Morgan fingerprint density at radius 2 is 2.20 bits per heavy atom. The lowest BCUT2D eigenvalue weighted by Gasteiger charge is -2.16. The second-order valence-electron chi connectivity index (χ2n) is 3.48. The van der Waals surface area contributed by atoms with Crippen molar-refractivity contribution in [2.75, 3.05) is 7.05 Å². The molecule has 1 unspecified atom stereocenters. The third-order valence-electron chi connectivity index (χ3n) is 2.25. The zero-order valence-electron chi connectivity index (χ0n) is 8.47. The Balaban J connectivity index is 2.36. The number of halogens is 3. The van der Waals surface area contributed by atoms with Crippen LogP contribution in [0, 0.1) is 0 Å². The molecule has 86 valence electrons. The van der Waals surface area contributed by atoms with E-state index in [1.54, 1.807) is 18.4 Å². The van der Waals surface area contributed by atoms with Gasteiger partial charge in [0.2, 0.25) is 0 Å². The van der Waals surface area contributed by atoms with E-state index in [2.05, 4.69) is 5.32 Å². The van der Waals surface area contributed by atoms with Crippen molar-refractivity contribution in [1.29, 1.82) is 0 Å². The largest absolute Gasteiger partial charge is 0.389 e. The number of hydrogen-bond donors (Lipinski definition) is 1. The highest BCUT2D eigenvalue weighted by atomic mass is 32.1. The highest BCUT2D eigenvalue weighted by Crippen LogP contribution is 2.23. The van der Waals surface area contributed by atoms with Crippen molar-refractivity contribution in [3.05, 3.63) is 22.4 Å². The van der Waals surface area contributed by atoms with Gasteiger partial charge in [-0.25, -0.2) is 0 Å². The van der Waals surface area contributed by atoms with Gasteiger partial charge in [0, 0.05) is 12.5 Å². The fraction of sp³-hybridized carbons (Fsp3) is 0.600. The standard InChI is InChI=1S/C10H14F3NS/c1-14-9(2-4-10(11,12)13)6-8-3-5-15-7-8/h3,5,7,9,14H,2,4,6H2,1H3. The number of thiophene rings is 1. The van der Waals surface area contributed by atoms with Crippen LogP contribution in [0.2, 0.25) is 0 Å². The summed E-state index contributed by atoms with van der Waals surface area (Å²) in [7, 11) is 1.70. The molecule has 0 fully saturated rings. The van der Waals surface area contributed by atoms with Crippen LogP contribution >= 0.6 is 11.3 Å². The smallest absolute Gasteiger partial charge is 0.317 e. The summed E-state index contributed by atoms with van der Waals surface area (Å²) in [5.74, 6) is 0. The van der Waals surface area contributed by atoms with E-state index in [0.717, 1.165) is 5.56 Å². The maximum Gasteiger partial charge on any atom is 0.389 e. The summed E-state index contributed by atoms with van der Waals surface area (Å²) in [5, 5.41) is 6.82. The first-order valence-corrected chi connectivity index (χ1v) is 5.70. The van der Waals surface area contributed by atoms with E-state index in [9.17, 15) is 13.2 Å². The zero-order chi connectivity index (χ0) is 11.3. The van der Waals surface area contributed by atoms with Gasteiger partial charge in [-0.05, 0) is 42.3 Å². The Morgan fingerprint density at radius 3 is 2.67 bits per heavy atom. The highest BCUT2D eigenvalue weighted by molar-refractivity contribution is 7.07. The van der Waals surface area contributed by atoms with Crippen LogP contribution in [0.1, 0.15) is 18.4 Å². The number of likely N-dealkylation sites (N-methyl/N-ethyl adjacent to an activating group) is 1. The molecule has 0 aliphatic carbocycles. The molecular weight excluding hydrogens is 223 g/mol. The molecule has 0 saturated heterocycles. The molecular formula is C10H14F3NS. The van der Waals surface area contributed by atoms with E-state index in [0.29, 0.717) is 6.42 Å². The summed E-state index contributed by atoms with van der Waals surface area (Å²) in [6, 6.07) is 1.85. The summed E-state index contributed by atoms with van der Waals surface area (Å²) in [5.41, 5.74) is 1.10. The average Bonchev–Trinajstić information content (AvgIpc) is 2.63. The molecule has 1 atom stereocenters. The molecule has 0 amide bonds. The molecule has 0 radical (unpaired) electrons. The Bertz CT molecular complexity index is 269. The van der Waals surface area contributed by atoms with Gasteiger partial charge in [-0.15, -0.1) is 0 Å². The van der Waals surface area contributed by atoms with Gasteiger partial charge in [-0.3, -0.25) is 0 Å². The van der Waals surface area contributed by atoms with Crippen LogP contribution in [-0.2, 0) is 6.42 Å². The van der Waals surface area contributed by atoms with Crippen molar-refractivity contribution < 1.29 is 13.2 Å². The van der Waals surface area contributed by atoms with Gasteiger partial charge in [0.05, 0.1) is 0 Å². The van der Waals surface area contributed by atoms with Gasteiger partial charge in [-0.1, -0.05) is 0 Å². The quantitative estimate of drug-likeness (QED) is 0.829. The highest BCUT2D eigenvalue weighted by Gasteiger charge is 2.27. The van der Waals surface area contributed by atoms with Crippen molar-refractivity contribution in [3.8, 4) is 0 Å². The minimum absolute atomic E-state index is 0.0961. The van der Waals surface area contributed by atoms with E-state index in [4.69, 9.17) is 0 Å². The predicted molar refractivity (Wildman–Crippen MR) is 56.2 cm³/mol. The van der Waals surface area contributed by atoms with Crippen LogP contribution in [0.15, 0.2) is 16.8 Å². The first-order chi connectivity index (χ1) is 7.01. The third kappa shape index (κ3) is 5.18. The van der Waals surface area contributed by atoms with Crippen molar-refractivity contribution in [2.24, 2.45) is 0 Å². The van der Waals surface area contributed by atoms with Gasteiger partial charge in [0.1, 0.15) is 0 Å². The van der Waals surface area contributed by atoms with Crippen molar-refractivity contribution in [1.82, 2.24) is 5.32 Å². The van der Waals surface area contributed by atoms with E-state index in [1.165, 1.54) is 0 Å². The number of rotatable bonds is 5. The topological polar surface area (TPSA) is 12.0 Å². The normalized spacial score (nSPS) is 14.1. The van der Waals surface area contributed by atoms with Crippen LogP contribution in [0.3, 0.4) is 0 Å². The maximum atomic E-state index is 12.0. The molecule has 5 heteroatoms. The van der Waals surface area contributed by atoms with Gasteiger partial charge < -0.3 is 5.32 Å². The van der Waals surface area contributed by atoms with Crippen LogP contribution < -0.4 is 5.32 Å². The summed E-state index contributed by atoms with van der Waals surface area (Å²) in [6.45, 7) is 0. The predicted octanol–water partition coefficient (Wildman–Crippen LogP) is 3.22. The average molecular weight is 237 g/mol. The van der Waals surface area contributed by atoms with E-state index >= 15 is 0 Å². The lowest BCUT2D eigenvalue weighted by Crippen LogP contribution is -2.29. The van der Waals surface area contributed by atoms with Gasteiger partial charge >= 0.3 is 6.18 Å². The van der Waals surface area contributed by atoms with Gasteiger partial charge in [0.25, 0.3) is 0 Å². The molecule has 0 aliphatic heterocycles. The van der Waals surface area contributed by atoms with E-state index in [1.807, 2.05) is 16.8 Å². The minimum Gasteiger partial charge on any atom is -0.317 e. The Labute approximate surface area is 91.3 Å². The SMILES string of the molecule is CNC(CCC(F)(F)F)Cc1ccsc1. The zero-order valence-corrected chi connectivity index (χ0v) is 9.29. The lowest BCUT2D eigenvalue weighted by molar-refractivity contribution is -0.136. The van der Waals surface area contributed by atoms with Crippen molar-refractivity contribution in [3.63, 3.8) is 0 Å². The molecule has 0 aromatic carbocycles. The fourth-order valence-electron chi connectivity index (χ4n) is 1.38. The Morgan fingerprint density at radius 1 is 1.47 bits per heavy atom. The molecule has 1 aromatic heterocycles. The Hall–Kier alpha value is -0.550. The van der Waals surface area contributed by atoms with E-state index < -0.39 is 12.6 Å². The molecule has 1 heterocycles. The van der Waals surface area contributed by atoms with Crippen LogP contribution in [0.25, 0.3) is 0 Å².